The van der Waals surface area contributed by atoms with E-state index in [9.17, 15) is 9.59 Å². The zero-order valence-corrected chi connectivity index (χ0v) is 17.6. The maximum atomic E-state index is 13.7. The molecule has 146 valence electrons. The Morgan fingerprint density at radius 2 is 2.00 bits per heavy atom. The number of carbonyl (C=O) groups excluding carboxylic acids is 1. The number of halogens is 1. The van der Waals surface area contributed by atoms with E-state index in [2.05, 4.69) is 0 Å². The Hall–Kier alpha value is -2.18. The number of hydrogen-bond donors (Lipinski definition) is 0. The van der Waals surface area contributed by atoms with Gasteiger partial charge in [-0.3, -0.25) is 9.36 Å². The molecule has 2 aromatic heterocycles. The molecule has 3 aromatic rings. The number of esters is 1. The number of fused-ring (bicyclic) bond motifs is 3. The van der Waals surface area contributed by atoms with Crippen LogP contribution in [0.3, 0.4) is 0 Å². The lowest BCUT2D eigenvalue weighted by Gasteiger charge is -2.27. The van der Waals surface area contributed by atoms with Gasteiger partial charge >= 0.3 is 5.97 Å². The molecule has 1 aromatic carbocycles. The maximum absolute atomic E-state index is 13.7. The van der Waals surface area contributed by atoms with Gasteiger partial charge in [-0.15, -0.1) is 11.3 Å². The molecule has 5 nitrogen and oxygen atoms in total. The second kappa shape index (κ2) is 7.01. The monoisotopic (exact) mass is 416 g/mol. The summed E-state index contributed by atoms with van der Waals surface area (Å²) in [5, 5.41) is 1.24. The summed E-state index contributed by atoms with van der Waals surface area (Å²) in [5.41, 5.74) is 0.437. The summed E-state index contributed by atoms with van der Waals surface area (Å²) in [6.07, 6.45) is 2.91. The van der Waals surface area contributed by atoms with Crippen molar-refractivity contribution in [3.63, 3.8) is 0 Å². The highest BCUT2D eigenvalue weighted by molar-refractivity contribution is 7.18. The van der Waals surface area contributed by atoms with Crippen LogP contribution in [-0.2, 0) is 27.9 Å². The predicted octanol–water partition coefficient (Wildman–Crippen LogP) is 4.57. The van der Waals surface area contributed by atoms with Crippen LogP contribution in [0, 0.1) is 0 Å². The van der Waals surface area contributed by atoms with Crippen molar-refractivity contribution in [2.45, 2.75) is 45.6 Å². The van der Waals surface area contributed by atoms with Crippen molar-refractivity contribution >= 4 is 39.1 Å². The van der Waals surface area contributed by atoms with Crippen molar-refractivity contribution in [3.8, 4) is 11.4 Å². The number of aromatic nitrogens is 2. The van der Waals surface area contributed by atoms with Crippen LogP contribution < -0.4 is 5.56 Å². The van der Waals surface area contributed by atoms with E-state index in [1.807, 2.05) is 12.1 Å². The van der Waals surface area contributed by atoms with Gasteiger partial charge in [0.15, 0.2) is 0 Å². The van der Waals surface area contributed by atoms with Crippen LogP contribution in [0.15, 0.2) is 29.1 Å². The molecule has 0 saturated heterocycles. The average molecular weight is 417 g/mol. The van der Waals surface area contributed by atoms with E-state index in [-0.39, 0.29) is 12.2 Å². The molecule has 2 heterocycles. The number of aryl methyl sites for hydroxylation is 2. The molecule has 0 aliphatic heterocycles. The first-order chi connectivity index (χ1) is 13.3. The lowest BCUT2D eigenvalue weighted by atomic mass is 10.0. The van der Waals surface area contributed by atoms with Gasteiger partial charge in [0.2, 0.25) is 0 Å². The zero-order chi connectivity index (χ0) is 20.1. The molecule has 0 bridgehead atoms. The maximum Gasteiger partial charge on any atom is 0.331 e. The third-order valence-electron chi connectivity index (χ3n) is 5.18. The molecular weight excluding hydrogens is 396 g/mol. The molecule has 1 aliphatic rings. The lowest BCUT2D eigenvalue weighted by Crippen LogP contribution is -2.45. The van der Waals surface area contributed by atoms with Gasteiger partial charge in [0.05, 0.1) is 12.0 Å². The van der Waals surface area contributed by atoms with E-state index in [4.69, 9.17) is 21.3 Å². The molecule has 0 atom stereocenters. The molecule has 0 spiro atoms. The van der Waals surface area contributed by atoms with E-state index in [0.717, 1.165) is 35.2 Å². The minimum atomic E-state index is -1.20. The zero-order valence-electron chi connectivity index (χ0n) is 16.0. The normalized spacial score (nSPS) is 13.7. The summed E-state index contributed by atoms with van der Waals surface area (Å²) in [7, 11) is 0. The first-order valence-corrected chi connectivity index (χ1v) is 10.5. The molecule has 0 fully saturated rings. The minimum absolute atomic E-state index is 0.188. The first-order valence-electron chi connectivity index (χ1n) is 9.35. The van der Waals surface area contributed by atoms with Crippen LogP contribution in [-0.4, -0.2) is 22.1 Å². The fraction of sp³-hybridized carbons (Fsp3) is 0.381. The second-order valence-corrected chi connectivity index (χ2v) is 8.92. The van der Waals surface area contributed by atoms with Gasteiger partial charge in [-0.25, -0.2) is 9.78 Å². The van der Waals surface area contributed by atoms with Crippen LogP contribution in [0.5, 0.6) is 0 Å². The predicted molar refractivity (Wildman–Crippen MR) is 112 cm³/mol. The van der Waals surface area contributed by atoms with Crippen LogP contribution in [0.2, 0.25) is 5.02 Å². The topological polar surface area (TPSA) is 61.2 Å². The summed E-state index contributed by atoms with van der Waals surface area (Å²) in [5.74, 6) is -0.00696. The molecule has 0 unspecified atom stereocenters. The minimum Gasteiger partial charge on any atom is -0.464 e. The highest BCUT2D eigenvalue weighted by Crippen LogP contribution is 2.37. The van der Waals surface area contributed by atoms with Crippen LogP contribution in [0.1, 0.15) is 37.6 Å². The van der Waals surface area contributed by atoms with Crippen molar-refractivity contribution in [1.82, 2.24) is 9.55 Å². The summed E-state index contributed by atoms with van der Waals surface area (Å²) < 4.78 is 6.76. The van der Waals surface area contributed by atoms with Crippen LogP contribution >= 0.6 is 22.9 Å². The summed E-state index contributed by atoms with van der Waals surface area (Å²) in [4.78, 5) is 33.2. The molecular formula is C21H21ClN2O3S. The number of rotatable bonds is 4. The third kappa shape index (κ3) is 2.95. The van der Waals surface area contributed by atoms with Crippen LogP contribution in [0.25, 0.3) is 21.6 Å². The average Bonchev–Trinajstić information content (AvgIpc) is 3.22. The lowest BCUT2D eigenvalue weighted by molar-refractivity contribution is -0.152. The Balaban J connectivity index is 2.05. The first kappa shape index (κ1) is 19.2. The molecule has 0 radical (unpaired) electrons. The molecule has 4 rings (SSSR count). The highest BCUT2D eigenvalue weighted by Gasteiger charge is 2.37. The SMILES string of the molecule is CCOC(=O)C(C)(C)n1c(-c2ccc(Cl)cc2)nc2sc3c(c2c1=O)CCC3. The van der Waals surface area contributed by atoms with Crippen molar-refractivity contribution in [1.29, 1.82) is 0 Å². The summed E-state index contributed by atoms with van der Waals surface area (Å²) in [6.45, 7) is 5.40. The van der Waals surface area contributed by atoms with Crippen molar-refractivity contribution in [2.75, 3.05) is 6.61 Å². The summed E-state index contributed by atoms with van der Waals surface area (Å²) in [6, 6.07) is 7.14. The Bertz CT molecular complexity index is 1130. The molecule has 1 aliphatic carbocycles. The standard InChI is InChI=1S/C21H21ClN2O3S/c1-4-27-20(26)21(2,3)24-17(12-8-10-13(22)11-9-12)23-18-16(19(24)25)14-6-5-7-15(14)28-18/h8-11H,4-7H2,1-3H3. The van der Waals surface area contributed by atoms with E-state index >= 15 is 0 Å². The number of carbonyl (C=O) groups is 1. The van der Waals surface area contributed by atoms with Gasteiger partial charge in [0.1, 0.15) is 16.2 Å². The smallest absolute Gasteiger partial charge is 0.331 e. The largest absolute Gasteiger partial charge is 0.464 e. The van der Waals surface area contributed by atoms with Crippen molar-refractivity contribution < 1.29 is 9.53 Å². The quantitative estimate of drug-likeness (QED) is 0.584. The number of benzene rings is 1. The number of ether oxygens (including phenoxy) is 1. The fourth-order valence-corrected chi connectivity index (χ4v) is 5.13. The van der Waals surface area contributed by atoms with Gasteiger partial charge in [-0.1, -0.05) is 11.6 Å². The second-order valence-electron chi connectivity index (χ2n) is 7.40. The van der Waals surface area contributed by atoms with Crippen molar-refractivity contribution in [2.24, 2.45) is 0 Å². The van der Waals surface area contributed by atoms with E-state index in [0.29, 0.717) is 16.2 Å². The van der Waals surface area contributed by atoms with Gasteiger partial charge < -0.3 is 4.74 Å². The Morgan fingerprint density at radius 3 is 2.68 bits per heavy atom. The van der Waals surface area contributed by atoms with E-state index in [1.165, 1.54) is 9.44 Å². The van der Waals surface area contributed by atoms with Gasteiger partial charge in [0, 0.05) is 15.5 Å². The van der Waals surface area contributed by atoms with E-state index in [1.54, 1.807) is 44.2 Å². The highest BCUT2D eigenvalue weighted by atomic mass is 35.5. The molecule has 28 heavy (non-hydrogen) atoms. The molecule has 0 N–H and O–H groups in total. The fourth-order valence-electron chi connectivity index (χ4n) is 3.75. The van der Waals surface area contributed by atoms with Gasteiger partial charge in [-0.05, 0) is 69.9 Å². The number of thiophene rings is 1. The number of nitrogens with zero attached hydrogens (tertiary/aromatic N) is 2. The summed E-state index contributed by atoms with van der Waals surface area (Å²) >= 11 is 7.62. The van der Waals surface area contributed by atoms with Gasteiger partial charge in [0.25, 0.3) is 5.56 Å². The van der Waals surface area contributed by atoms with Crippen LogP contribution in [0.4, 0.5) is 0 Å². The Kier molecular flexibility index (Phi) is 4.79. The van der Waals surface area contributed by atoms with Gasteiger partial charge in [-0.2, -0.15) is 0 Å². The molecule has 7 heteroatoms. The van der Waals surface area contributed by atoms with E-state index < -0.39 is 11.5 Å². The molecule has 0 amide bonds. The Morgan fingerprint density at radius 1 is 1.29 bits per heavy atom. The Labute approximate surface area is 171 Å². The third-order valence-corrected chi connectivity index (χ3v) is 6.61. The molecule has 0 saturated carbocycles. The van der Waals surface area contributed by atoms with Crippen molar-refractivity contribution in [3.05, 3.63) is 50.1 Å². The number of hydrogen-bond acceptors (Lipinski definition) is 5.